The number of benzene rings is 2. The Bertz CT molecular complexity index is 1070. The van der Waals surface area contributed by atoms with Crippen molar-refractivity contribution in [2.24, 2.45) is 0 Å². The highest BCUT2D eigenvalue weighted by Crippen LogP contribution is 2.31. The third-order valence-electron chi connectivity index (χ3n) is 5.12. The van der Waals surface area contributed by atoms with E-state index < -0.39 is 0 Å². The highest BCUT2D eigenvalue weighted by atomic mass is 35.5. The van der Waals surface area contributed by atoms with E-state index in [2.05, 4.69) is 53.0 Å². The average Bonchev–Trinajstić information content (AvgIpc) is 2.94. The van der Waals surface area contributed by atoms with Crippen molar-refractivity contribution in [1.29, 1.82) is 0 Å². The van der Waals surface area contributed by atoms with E-state index in [0.717, 1.165) is 28.7 Å². The number of fused-ring (bicyclic) bond motifs is 1. The first kappa shape index (κ1) is 19.9. The van der Waals surface area contributed by atoms with Gasteiger partial charge in [-0.3, -0.25) is 4.98 Å². The summed E-state index contributed by atoms with van der Waals surface area (Å²) in [5, 5.41) is 4.64. The molecule has 0 bridgehead atoms. The number of rotatable bonds is 5. The molecule has 2 aromatic carbocycles. The van der Waals surface area contributed by atoms with Gasteiger partial charge in [-0.15, -0.1) is 12.4 Å². The van der Waals surface area contributed by atoms with Gasteiger partial charge >= 0.3 is 0 Å². The van der Waals surface area contributed by atoms with Crippen LogP contribution in [0.3, 0.4) is 0 Å². The van der Waals surface area contributed by atoms with Crippen molar-refractivity contribution in [1.82, 2.24) is 9.55 Å². The zero-order chi connectivity index (χ0) is 18.8. The molecule has 2 aromatic heterocycles. The Morgan fingerprint density at radius 2 is 1.64 bits per heavy atom. The lowest BCUT2D eigenvalue weighted by Crippen LogP contribution is -2.06. The Balaban J connectivity index is 0.00000225. The minimum absolute atomic E-state index is 0. The van der Waals surface area contributed by atoms with Gasteiger partial charge in [0, 0.05) is 30.4 Å². The molecule has 4 rings (SSSR count). The topological polar surface area (TPSA) is 29.9 Å². The van der Waals surface area contributed by atoms with Gasteiger partial charge in [0.05, 0.1) is 17.4 Å². The van der Waals surface area contributed by atoms with Gasteiger partial charge in [0.2, 0.25) is 0 Å². The molecule has 1 N–H and O–H groups in total. The van der Waals surface area contributed by atoms with Crippen LogP contribution in [0.15, 0.2) is 67.0 Å². The van der Waals surface area contributed by atoms with Crippen molar-refractivity contribution in [3.63, 3.8) is 0 Å². The molecule has 144 valence electrons. The molecule has 0 aliphatic carbocycles. The lowest BCUT2D eigenvalue weighted by molar-refractivity contribution is 0.627. The van der Waals surface area contributed by atoms with E-state index in [-0.39, 0.29) is 18.2 Å². The molecule has 3 nitrogen and oxygen atoms in total. The maximum atomic E-state index is 13.1. The summed E-state index contributed by atoms with van der Waals surface area (Å²) in [6.07, 6.45) is 3.80. The quantitative estimate of drug-likeness (QED) is 0.457. The van der Waals surface area contributed by atoms with Gasteiger partial charge in [-0.2, -0.15) is 0 Å². The molecule has 0 saturated carbocycles. The van der Waals surface area contributed by atoms with Crippen molar-refractivity contribution in [2.45, 2.75) is 26.9 Å². The van der Waals surface area contributed by atoms with E-state index in [0.29, 0.717) is 6.54 Å². The number of halogens is 2. The van der Waals surface area contributed by atoms with Crippen molar-refractivity contribution >= 4 is 29.0 Å². The highest BCUT2D eigenvalue weighted by molar-refractivity contribution is 5.94. The molecule has 0 unspecified atom stereocenters. The highest BCUT2D eigenvalue weighted by Gasteiger charge is 2.15. The van der Waals surface area contributed by atoms with Crippen LogP contribution in [-0.4, -0.2) is 9.55 Å². The van der Waals surface area contributed by atoms with Gasteiger partial charge in [-0.1, -0.05) is 42.5 Å². The third kappa shape index (κ3) is 3.87. The van der Waals surface area contributed by atoms with Crippen LogP contribution >= 0.6 is 12.4 Å². The van der Waals surface area contributed by atoms with Gasteiger partial charge in [0.15, 0.2) is 0 Å². The number of anilines is 1. The van der Waals surface area contributed by atoms with Gasteiger partial charge < -0.3 is 9.88 Å². The molecular formula is C23H23ClFN3. The summed E-state index contributed by atoms with van der Waals surface area (Å²) in [5.41, 5.74) is 6.93. The molecule has 2 heterocycles. The number of aryl methyl sites for hydroxylation is 1. The molecule has 28 heavy (non-hydrogen) atoms. The molecule has 0 radical (unpaired) electrons. The van der Waals surface area contributed by atoms with Crippen LogP contribution < -0.4 is 5.32 Å². The molecule has 0 spiro atoms. The second kappa shape index (κ2) is 8.44. The Morgan fingerprint density at radius 3 is 2.36 bits per heavy atom. The van der Waals surface area contributed by atoms with Crippen LogP contribution in [0.25, 0.3) is 10.9 Å². The smallest absolute Gasteiger partial charge is 0.123 e. The van der Waals surface area contributed by atoms with Crippen LogP contribution in [0.2, 0.25) is 0 Å². The van der Waals surface area contributed by atoms with Crippen LogP contribution in [0.1, 0.15) is 22.4 Å². The first-order valence-corrected chi connectivity index (χ1v) is 9.09. The van der Waals surface area contributed by atoms with Crippen molar-refractivity contribution in [3.8, 4) is 0 Å². The molecule has 0 atom stereocenters. The van der Waals surface area contributed by atoms with E-state index in [1.807, 2.05) is 18.5 Å². The van der Waals surface area contributed by atoms with Gasteiger partial charge in [0.25, 0.3) is 0 Å². The normalized spacial score (nSPS) is 10.7. The minimum atomic E-state index is -0.217. The largest absolute Gasteiger partial charge is 0.378 e. The maximum Gasteiger partial charge on any atom is 0.123 e. The lowest BCUT2D eigenvalue weighted by Gasteiger charge is -2.13. The summed E-state index contributed by atoms with van der Waals surface area (Å²) < 4.78 is 15.5. The predicted molar refractivity (Wildman–Crippen MR) is 116 cm³/mol. The first-order valence-electron chi connectivity index (χ1n) is 9.09. The third-order valence-corrected chi connectivity index (χ3v) is 5.12. The van der Waals surface area contributed by atoms with E-state index in [1.54, 1.807) is 12.1 Å². The average molecular weight is 396 g/mol. The second-order valence-electron chi connectivity index (χ2n) is 6.85. The number of nitrogens with one attached hydrogen (secondary N) is 1. The second-order valence-corrected chi connectivity index (χ2v) is 6.85. The fraction of sp³-hybridized carbons (Fsp3) is 0.174. The van der Waals surface area contributed by atoms with Gasteiger partial charge in [0.1, 0.15) is 5.82 Å². The lowest BCUT2D eigenvalue weighted by atomic mass is 10.2. The first-order chi connectivity index (χ1) is 13.1. The maximum absolute atomic E-state index is 13.1. The summed E-state index contributed by atoms with van der Waals surface area (Å²) in [5.74, 6) is -0.217. The summed E-state index contributed by atoms with van der Waals surface area (Å²) in [7, 11) is 0. The van der Waals surface area contributed by atoms with Gasteiger partial charge in [-0.05, 0) is 42.7 Å². The number of hydrogen-bond donors (Lipinski definition) is 1. The van der Waals surface area contributed by atoms with Crippen molar-refractivity contribution in [2.75, 3.05) is 5.32 Å². The van der Waals surface area contributed by atoms with E-state index in [1.165, 1.54) is 29.0 Å². The van der Waals surface area contributed by atoms with Crippen molar-refractivity contribution < 1.29 is 4.39 Å². The molecule has 0 aliphatic heterocycles. The molecule has 0 fully saturated rings. The molecule has 0 aliphatic rings. The summed E-state index contributed by atoms with van der Waals surface area (Å²) in [6, 6.07) is 17.0. The monoisotopic (exact) mass is 395 g/mol. The molecular weight excluding hydrogens is 373 g/mol. The molecule has 5 heteroatoms. The minimum Gasteiger partial charge on any atom is -0.378 e. The zero-order valence-corrected chi connectivity index (χ0v) is 16.8. The zero-order valence-electron chi connectivity index (χ0n) is 15.9. The predicted octanol–water partition coefficient (Wildman–Crippen LogP) is 5.87. The van der Waals surface area contributed by atoms with E-state index in [4.69, 9.17) is 0 Å². The summed E-state index contributed by atoms with van der Waals surface area (Å²) in [4.78, 5) is 4.43. The molecule has 0 amide bonds. The van der Waals surface area contributed by atoms with E-state index >= 15 is 0 Å². The van der Waals surface area contributed by atoms with Crippen LogP contribution in [0.4, 0.5) is 10.1 Å². The Hall–Kier alpha value is -2.85. The SMILES string of the molecule is Cc1c(C)n(Cc2ccccc2)c2c(NCc3ccc(F)cc3)cncc12.Cl. The standard InChI is InChI=1S/C23H22FN3.ClH/c1-16-17(2)27(15-19-6-4-3-5-7-19)23-21(16)13-25-14-22(23)26-12-18-8-10-20(24)11-9-18;/h3-11,13-14,26H,12,15H2,1-2H3;1H. The Morgan fingerprint density at radius 1 is 0.929 bits per heavy atom. The van der Waals surface area contributed by atoms with E-state index in [9.17, 15) is 4.39 Å². The Kier molecular flexibility index (Phi) is 6.00. The number of nitrogens with zero attached hydrogens (tertiary/aromatic N) is 2. The summed E-state index contributed by atoms with van der Waals surface area (Å²) in [6.45, 7) is 5.73. The fourth-order valence-corrected chi connectivity index (χ4v) is 3.48. The molecule has 4 aromatic rings. The number of pyridine rings is 1. The Labute approximate surface area is 170 Å². The number of hydrogen-bond acceptors (Lipinski definition) is 2. The fourth-order valence-electron chi connectivity index (χ4n) is 3.48. The van der Waals surface area contributed by atoms with Crippen LogP contribution in [-0.2, 0) is 13.1 Å². The molecule has 0 saturated heterocycles. The number of aromatic nitrogens is 2. The van der Waals surface area contributed by atoms with Crippen LogP contribution in [0, 0.1) is 19.7 Å². The van der Waals surface area contributed by atoms with Crippen LogP contribution in [0.5, 0.6) is 0 Å². The summed E-state index contributed by atoms with van der Waals surface area (Å²) >= 11 is 0. The van der Waals surface area contributed by atoms with Gasteiger partial charge in [-0.25, -0.2) is 4.39 Å². The van der Waals surface area contributed by atoms with Crippen molar-refractivity contribution in [3.05, 3.63) is 95.2 Å².